The molecule has 0 fully saturated rings. The molecule has 0 aliphatic rings. The number of carboxylic acid groups (broad SMARTS) is 1. The van der Waals surface area contributed by atoms with Gasteiger partial charge in [-0.1, -0.05) is 11.6 Å². The number of aliphatic hydroxyl groups is 1. The van der Waals surface area contributed by atoms with Crippen LogP contribution in [0.5, 0.6) is 0 Å². The van der Waals surface area contributed by atoms with Crippen molar-refractivity contribution in [2.45, 2.75) is 19.4 Å². The van der Waals surface area contributed by atoms with Gasteiger partial charge in [-0.05, 0) is 39.1 Å². The molecule has 0 atom stereocenters. The van der Waals surface area contributed by atoms with E-state index in [2.05, 4.69) is 5.32 Å². The number of benzene rings is 1. The summed E-state index contributed by atoms with van der Waals surface area (Å²) in [5, 5.41) is 21.4. The van der Waals surface area contributed by atoms with E-state index in [1.807, 2.05) is 0 Å². The molecule has 0 radical (unpaired) electrons. The number of hydrogen-bond donors (Lipinski definition) is 3. The Morgan fingerprint density at radius 1 is 1.38 bits per heavy atom. The minimum Gasteiger partial charge on any atom is -0.478 e. The zero-order valence-electron chi connectivity index (χ0n) is 12.2. The largest absolute Gasteiger partial charge is 0.478 e. The lowest BCUT2D eigenvalue weighted by molar-refractivity contribution is -0.117. The summed E-state index contributed by atoms with van der Waals surface area (Å²) in [5.74, 6) is -1.44. The molecule has 0 saturated heterocycles. The van der Waals surface area contributed by atoms with Crippen LogP contribution in [-0.4, -0.2) is 52.7 Å². The summed E-state index contributed by atoms with van der Waals surface area (Å²) >= 11 is 5.93. The fourth-order valence-corrected chi connectivity index (χ4v) is 2.07. The number of aromatic carboxylic acids is 1. The first-order chi connectivity index (χ1) is 9.58. The maximum Gasteiger partial charge on any atom is 0.335 e. The highest BCUT2D eigenvalue weighted by Gasteiger charge is 2.18. The number of nitrogens with one attached hydrogen (secondary N) is 1. The van der Waals surface area contributed by atoms with Gasteiger partial charge in [-0.25, -0.2) is 4.79 Å². The van der Waals surface area contributed by atoms with E-state index in [-0.39, 0.29) is 28.7 Å². The van der Waals surface area contributed by atoms with E-state index in [4.69, 9.17) is 16.7 Å². The summed E-state index contributed by atoms with van der Waals surface area (Å²) in [6, 6.07) is 4.08. The van der Waals surface area contributed by atoms with Gasteiger partial charge in [0.1, 0.15) is 0 Å². The van der Waals surface area contributed by atoms with E-state index >= 15 is 0 Å². The highest BCUT2D eigenvalue weighted by atomic mass is 35.5. The number of amides is 1. The normalized spacial score (nSPS) is 11.5. The Hall–Kier alpha value is -1.63. The van der Waals surface area contributed by atoms with Gasteiger partial charge in [0, 0.05) is 6.54 Å². The van der Waals surface area contributed by atoms with Crippen LogP contribution in [0.4, 0.5) is 5.69 Å². The highest BCUT2D eigenvalue weighted by molar-refractivity contribution is 6.33. The molecule has 21 heavy (non-hydrogen) atoms. The number of nitrogens with zero attached hydrogens (tertiary/aromatic N) is 1. The van der Waals surface area contributed by atoms with Crippen molar-refractivity contribution in [2.75, 3.05) is 25.5 Å². The monoisotopic (exact) mass is 314 g/mol. The first-order valence-electron chi connectivity index (χ1n) is 6.32. The Bertz CT molecular complexity index is 540. The van der Waals surface area contributed by atoms with E-state index in [9.17, 15) is 14.7 Å². The van der Waals surface area contributed by atoms with Gasteiger partial charge in [0.05, 0.1) is 28.4 Å². The molecule has 116 valence electrons. The lowest BCUT2D eigenvalue weighted by atomic mass is 10.1. The Balaban J connectivity index is 2.71. The van der Waals surface area contributed by atoms with E-state index in [1.165, 1.54) is 18.2 Å². The van der Waals surface area contributed by atoms with Crippen molar-refractivity contribution in [3.05, 3.63) is 28.8 Å². The van der Waals surface area contributed by atoms with Crippen LogP contribution in [-0.2, 0) is 4.79 Å². The maximum atomic E-state index is 11.9. The smallest absolute Gasteiger partial charge is 0.335 e. The van der Waals surface area contributed by atoms with E-state index in [1.54, 1.807) is 25.8 Å². The Kier molecular flexibility index (Phi) is 5.71. The Morgan fingerprint density at radius 2 is 2.00 bits per heavy atom. The molecule has 0 heterocycles. The van der Waals surface area contributed by atoms with Gasteiger partial charge in [0.25, 0.3) is 0 Å². The van der Waals surface area contributed by atoms with Crippen LogP contribution in [0, 0.1) is 0 Å². The van der Waals surface area contributed by atoms with Gasteiger partial charge in [-0.15, -0.1) is 0 Å². The first kappa shape index (κ1) is 17.4. The standard InChI is InChI=1S/C14H19ClN2O4/c1-14(2,21)8-17(3)7-12(18)16-11-6-9(13(19)20)4-5-10(11)15/h4-6,21H,7-8H2,1-3H3,(H,16,18)(H,19,20). The molecule has 1 aromatic carbocycles. The van der Waals surface area contributed by atoms with Crippen LogP contribution in [0.1, 0.15) is 24.2 Å². The summed E-state index contributed by atoms with van der Waals surface area (Å²) in [6.45, 7) is 3.67. The van der Waals surface area contributed by atoms with Gasteiger partial charge >= 0.3 is 5.97 Å². The average Bonchev–Trinajstić information content (AvgIpc) is 2.28. The lowest BCUT2D eigenvalue weighted by Gasteiger charge is -2.24. The molecule has 0 unspecified atom stereocenters. The summed E-state index contributed by atoms with van der Waals surface area (Å²) in [4.78, 5) is 24.5. The molecule has 0 aliphatic heterocycles. The second kappa shape index (κ2) is 6.89. The van der Waals surface area contributed by atoms with Crippen LogP contribution in [0.25, 0.3) is 0 Å². The average molecular weight is 315 g/mol. The minimum atomic E-state index is -1.10. The van der Waals surface area contributed by atoms with Gasteiger partial charge in [0.2, 0.25) is 5.91 Å². The fraction of sp³-hybridized carbons (Fsp3) is 0.429. The molecule has 3 N–H and O–H groups in total. The third kappa shape index (κ3) is 6.12. The second-order valence-corrected chi connectivity index (χ2v) is 5.94. The van der Waals surface area contributed by atoms with Crippen molar-refractivity contribution in [1.29, 1.82) is 0 Å². The molecule has 0 aliphatic carbocycles. The van der Waals surface area contributed by atoms with Crippen LogP contribution >= 0.6 is 11.6 Å². The van der Waals surface area contributed by atoms with Gasteiger partial charge in [0.15, 0.2) is 0 Å². The number of likely N-dealkylation sites (N-methyl/N-ethyl adjacent to an activating group) is 1. The number of halogens is 1. The summed E-state index contributed by atoms with van der Waals surface area (Å²) in [5.41, 5.74) is -0.617. The maximum absolute atomic E-state index is 11.9. The SMILES string of the molecule is CN(CC(=O)Nc1cc(C(=O)O)ccc1Cl)CC(C)(C)O. The number of carbonyl (C=O) groups excluding carboxylic acids is 1. The van der Waals surface area contributed by atoms with Gasteiger partial charge in [-0.3, -0.25) is 9.69 Å². The van der Waals surface area contributed by atoms with Crippen molar-refractivity contribution >= 4 is 29.2 Å². The minimum absolute atomic E-state index is 0.0412. The van der Waals surface area contributed by atoms with Crippen molar-refractivity contribution < 1.29 is 19.8 Å². The Morgan fingerprint density at radius 3 is 2.52 bits per heavy atom. The van der Waals surface area contributed by atoms with E-state index < -0.39 is 11.6 Å². The van der Waals surface area contributed by atoms with Gasteiger partial charge in [-0.2, -0.15) is 0 Å². The fourth-order valence-electron chi connectivity index (χ4n) is 1.91. The first-order valence-corrected chi connectivity index (χ1v) is 6.70. The molecule has 1 aromatic rings. The van der Waals surface area contributed by atoms with Crippen molar-refractivity contribution in [3.8, 4) is 0 Å². The number of carboxylic acids is 1. The molecule has 1 rings (SSSR count). The molecular weight excluding hydrogens is 296 g/mol. The highest BCUT2D eigenvalue weighted by Crippen LogP contribution is 2.23. The second-order valence-electron chi connectivity index (χ2n) is 5.53. The Labute approximate surface area is 128 Å². The van der Waals surface area contributed by atoms with Crippen LogP contribution < -0.4 is 5.32 Å². The quantitative estimate of drug-likeness (QED) is 0.743. The molecule has 0 spiro atoms. The summed E-state index contributed by atoms with van der Waals surface area (Å²) < 4.78 is 0. The van der Waals surface area contributed by atoms with Gasteiger partial charge < -0.3 is 15.5 Å². The molecule has 6 nitrogen and oxygen atoms in total. The molecule has 0 bridgehead atoms. The van der Waals surface area contributed by atoms with Crippen molar-refractivity contribution in [3.63, 3.8) is 0 Å². The lowest BCUT2D eigenvalue weighted by Crippen LogP contribution is -2.40. The third-order valence-electron chi connectivity index (χ3n) is 2.56. The zero-order chi connectivity index (χ0) is 16.2. The van der Waals surface area contributed by atoms with Crippen LogP contribution in [0.15, 0.2) is 18.2 Å². The van der Waals surface area contributed by atoms with Crippen molar-refractivity contribution in [2.24, 2.45) is 0 Å². The van der Waals surface area contributed by atoms with E-state index in [0.29, 0.717) is 6.54 Å². The number of carbonyl (C=O) groups is 2. The molecule has 7 heteroatoms. The zero-order valence-corrected chi connectivity index (χ0v) is 12.9. The molecule has 0 aromatic heterocycles. The molecule has 0 saturated carbocycles. The number of rotatable bonds is 6. The molecule has 1 amide bonds. The van der Waals surface area contributed by atoms with Crippen LogP contribution in [0.2, 0.25) is 5.02 Å². The van der Waals surface area contributed by atoms with Crippen molar-refractivity contribution in [1.82, 2.24) is 4.90 Å². The summed E-state index contributed by atoms with van der Waals surface area (Å²) in [6.07, 6.45) is 0. The number of hydrogen-bond acceptors (Lipinski definition) is 4. The third-order valence-corrected chi connectivity index (χ3v) is 2.89. The molecular formula is C14H19ClN2O4. The van der Waals surface area contributed by atoms with Crippen LogP contribution in [0.3, 0.4) is 0 Å². The van der Waals surface area contributed by atoms with E-state index in [0.717, 1.165) is 0 Å². The topological polar surface area (TPSA) is 89.9 Å². The predicted molar refractivity (Wildman–Crippen MR) is 80.8 cm³/mol. The number of anilines is 1. The predicted octanol–water partition coefficient (Wildman–Crippen LogP) is 1.68. The summed E-state index contributed by atoms with van der Waals surface area (Å²) in [7, 11) is 1.70.